The second-order valence-electron chi connectivity index (χ2n) is 24.2. The van der Waals surface area contributed by atoms with Gasteiger partial charge in [0, 0.05) is 27.9 Å². The minimum atomic E-state index is 0.133. The molecule has 8 saturated carbocycles. The molecule has 17 rings (SSSR count). The number of hydrogen-bond acceptors (Lipinski definition) is 1. The van der Waals surface area contributed by atoms with Gasteiger partial charge in [0.2, 0.25) is 0 Å². The van der Waals surface area contributed by atoms with Crippen molar-refractivity contribution >= 4 is 17.1 Å². The van der Waals surface area contributed by atoms with Gasteiger partial charge >= 0.3 is 0 Å². The summed E-state index contributed by atoms with van der Waals surface area (Å²) in [6, 6.07) is 62.4. The monoisotopic (exact) mass is 869 g/mol. The summed E-state index contributed by atoms with van der Waals surface area (Å²) in [5.74, 6) is 6.88. The van der Waals surface area contributed by atoms with Crippen LogP contribution in [-0.2, 0) is 16.2 Å². The Balaban J connectivity index is 0.827. The lowest BCUT2D eigenvalue weighted by atomic mass is 9.43. The predicted molar refractivity (Wildman–Crippen MR) is 277 cm³/mol. The van der Waals surface area contributed by atoms with Gasteiger partial charge < -0.3 is 4.90 Å². The molecule has 0 amide bonds. The maximum atomic E-state index is 2.58. The van der Waals surface area contributed by atoms with E-state index in [0.29, 0.717) is 0 Å². The first-order chi connectivity index (χ1) is 32.7. The van der Waals surface area contributed by atoms with E-state index in [1.807, 2.05) is 0 Å². The molecule has 8 bridgehead atoms. The molecule has 1 nitrogen and oxygen atoms in total. The van der Waals surface area contributed by atoms with Crippen LogP contribution in [0.5, 0.6) is 0 Å². The van der Waals surface area contributed by atoms with Crippen molar-refractivity contribution in [2.24, 2.45) is 47.3 Å². The van der Waals surface area contributed by atoms with E-state index in [2.05, 4.69) is 183 Å². The molecular formula is C66H63N. The highest BCUT2D eigenvalue weighted by Gasteiger charge is 2.63. The largest absolute Gasteiger partial charge is 0.310 e. The highest BCUT2D eigenvalue weighted by molar-refractivity contribution is 5.89. The second kappa shape index (κ2) is 14.0. The van der Waals surface area contributed by atoms with E-state index in [9.17, 15) is 0 Å². The van der Waals surface area contributed by atoms with E-state index in [1.54, 1.807) is 22.3 Å². The SMILES string of the molecule is CC(C)(C)c1ccc(-c2ccc(N(c3ccc(-c4ccc5c(c4)-c4ccccc4C54C5CC6CC(C5)CC4C6)cc3)c3ccc4c(c3)-c3ccccc3C43C4CC5CC(C4)CC3C5)cc2)cc1. The van der Waals surface area contributed by atoms with Crippen molar-refractivity contribution in [2.75, 3.05) is 4.90 Å². The van der Waals surface area contributed by atoms with E-state index in [1.165, 1.54) is 131 Å². The normalized spacial score (nSPS) is 30.7. The molecule has 0 atom stereocenters. The third-order valence-corrected chi connectivity index (χ3v) is 20.0. The molecule has 0 saturated heterocycles. The average molecular weight is 870 g/mol. The van der Waals surface area contributed by atoms with Crippen LogP contribution in [-0.4, -0.2) is 0 Å². The molecule has 7 aromatic carbocycles. The smallest absolute Gasteiger partial charge is 0.0468 e. The first-order valence-corrected chi connectivity index (χ1v) is 26.3. The van der Waals surface area contributed by atoms with Crippen LogP contribution in [0.4, 0.5) is 17.1 Å². The molecule has 0 radical (unpaired) electrons. The van der Waals surface area contributed by atoms with Crippen molar-refractivity contribution in [3.05, 3.63) is 186 Å². The molecule has 10 aliphatic rings. The Morgan fingerprint density at radius 2 is 0.701 bits per heavy atom. The number of rotatable bonds is 5. The third kappa shape index (κ3) is 5.44. The minimum Gasteiger partial charge on any atom is -0.310 e. The van der Waals surface area contributed by atoms with Crippen molar-refractivity contribution in [3.63, 3.8) is 0 Å². The highest BCUT2D eigenvalue weighted by atomic mass is 15.1. The maximum absolute atomic E-state index is 2.58. The van der Waals surface area contributed by atoms with Crippen LogP contribution >= 0.6 is 0 Å². The van der Waals surface area contributed by atoms with E-state index >= 15 is 0 Å². The van der Waals surface area contributed by atoms with Crippen LogP contribution in [0.3, 0.4) is 0 Å². The Kier molecular flexibility index (Phi) is 8.20. The highest BCUT2D eigenvalue weighted by Crippen LogP contribution is 2.71. The molecule has 2 spiro atoms. The fraction of sp³-hybridized carbons (Fsp3) is 0.364. The lowest BCUT2D eigenvalue weighted by Crippen LogP contribution is -2.55. The van der Waals surface area contributed by atoms with Gasteiger partial charge in [-0.2, -0.15) is 0 Å². The van der Waals surface area contributed by atoms with Gasteiger partial charge in [-0.25, -0.2) is 0 Å². The number of benzene rings is 7. The second-order valence-corrected chi connectivity index (χ2v) is 24.2. The first-order valence-electron chi connectivity index (χ1n) is 26.3. The zero-order chi connectivity index (χ0) is 44.4. The summed E-state index contributed by atoms with van der Waals surface area (Å²) in [6.07, 6.45) is 14.3. The Hall–Kier alpha value is -5.66. The Labute approximate surface area is 398 Å². The number of fused-ring (bicyclic) bond motifs is 6. The van der Waals surface area contributed by atoms with Gasteiger partial charge in [-0.3, -0.25) is 0 Å². The molecule has 0 aliphatic heterocycles. The number of hydrogen-bond donors (Lipinski definition) is 0. The van der Waals surface area contributed by atoms with Crippen LogP contribution in [0.2, 0.25) is 0 Å². The molecule has 0 unspecified atom stereocenters. The van der Waals surface area contributed by atoms with E-state index < -0.39 is 0 Å². The van der Waals surface area contributed by atoms with Crippen LogP contribution in [0.25, 0.3) is 44.5 Å². The summed E-state index contributed by atoms with van der Waals surface area (Å²) >= 11 is 0. The van der Waals surface area contributed by atoms with Gasteiger partial charge in [0.1, 0.15) is 0 Å². The average Bonchev–Trinajstić information content (AvgIpc) is 3.80. The standard InChI is InChI=1S/C66H63N/c1-64(2,3)48-19-12-44(13-20-48)45-14-21-53(22-15-45)67(55-25-27-63-59(39-55)57-9-5-7-11-61(57)66(63)51-34-42-29-43(36-51)37-52(66)35-42)54-23-16-46(17-24-54)47-18-26-62-58(38-47)56-8-4-6-10-60(56)65(62)49-30-40-28-41(32-49)33-50(65)31-40/h4-27,38-43,49-52H,28-37H2,1-3H3. The van der Waals surface area contributed by atoms with E-state index in [4.69, 9.17) is 0 Å². The van der Waals surface area contributed by atoms with Gasteiger partial charge in [-0.05, 0) is 232 Å². The summed E-state index contributed by atoms with van der Waals surface area (Å²) < 4.78 is 0. The molecule has 67 heavy (non-hydrogen) atoms. The van der Waals surface area contributed by atoms with Gasteiger partial charge in [-0.1, -0.05) is 136 Å². The molecular weight excluding hydrogens is 807 g/mol. The fourth-order valence-corrected chi connectivity index (χ4v) is 17.8. The van der Waals surface area contributed by atoms with Crippen LogP contribution < -0.4 is 4.90 Å². The van der Waals surface area contributed by atoms with Gasteiger partial charge in [-0.15, -0.1) is 0 Å². The number of nitrogens with zero attached hydrogens (tertiary/aromatic N) is 1. The Bertz CT molecular complexity index is 3070. The lowest BCUT2D eigenvalue weighted by Gasteiger charge is -2.61. The zero-order valence-electron chi connectivity index (χ0n) is 39.6. The summed E-state index contributed by atoms with van der Waals surface area (Å²) in [5, 5.41) is 0. The van der Waals surface area contributed by atoms with Gasteiger partial charge in [0.25, 0.3) is 0 Å². The summed E-state index contributed by atoms with van der Waals surface area (Å²) in [6.45, 7) is 6.88. The molecule has 0 N–H and O–H groups in total. The van der Waals surface area contributed by atoms with Crippen LogP contribution in [0.1, 0.15) is 113 Å². The molecule has 10 aliphatic carbocycles. The summed E-state index contributed by atoms with van der Waals surface area (Å²) in [7, 11) is 0. The van der Waals surface area contributed by atoms with Crippen molar-refractivity contribution in [2.45, 2.75) is 101 Å². The topological polar surface area (TPSA) is 3.24 Å². The van der Waals surface area contributed by atoms with E-state index in [0.717, 1.165) is 47.3 Å². The van der Waals surface area contributed by atoms with Gasteiger partial charge in [0.05, 0.1) is 0 Å². The van der Waals surface area contributed by atoms with Crippen molar-refractivity contribution < 1.29 is 0 Å². The van der Waals surface area contributed by atoms with Crippen LogP contribution in [0, 0.1) is 47.3 Å². The zero-order valence-corrected chi connectivity index (χ0v) is 39.6. The van der Waals surface area contributed by atoms with E-state index in [-0.39, 0.29) is 16.2 Å². The van der Waals surface area contributed by atoms with Crippen molar-refractivity contribution in [3.8, 4) is 44.5 Å². The lowest BCUT2D eigenvalue weighted by molar-refractivity contribution is -0.0399. The summed E-state index contributed by atoms with van der Waals surface area (Å²) in [5.41, 5.74) is 23.1. The maximum Gasteiger partial charge on any atom is 0.0468 e. The molecule has 7 aromatic rings. The molecule has 0 aromatic heterocycles. The fourth-order valence-electron chi connectivity index (χ4n) is 17.8. The van der Waals surface area contributed by atoms with Gasteiger partial charge in [0.15, 0.2) is 0 Å². The molecule has 8 fully saturated rings. The Morgan fingerprint density at radius 3 is 1.16 bits per heavy atom. The van der Waals surface area contributed by atoms with Crippen LogP contribution in [0.15, 0.2) is 158 Å². The quantitative estimate of drug-likeness (QED) is 0.167. The van der Waals surface area contributed by atoms with Crippen molar-refractivity contribution in [1.29, 1.82) is 0 Å². The minimum absolute atomic E-state index is 0.133. The number of anilines is 3. The first kappa shape index (κ1) is 39.3. The third-order valence-electron chi connectivity index (χ3n) is 20.0. The molecule has 0 heterocycles. The Morgan fingerprint density at radius 1 is 0.343 bits per heavy atom. The predicted octanol–water partition coefficient (Wildman–Crippen LogP) is 17.2. The molecule has 332 valence electrons. The summed E-state index contributed by atoms with van der Waals surface area (Å²) in [4.78, 5) is 2.52. The molecule has 1 heteroatoms. The van der Waals surface area contributed by atoms with Crippen molar-refractivity contribution in [1.82, 2.24) is 0 Å².